The normalized spacial score (nSPS) is 17.2. The standard InChI is InChI=1S/C22H28N2O4/c25-22(18-26-13-14-28-20-9-5-2-6-10-20)23-15-21-17-24(11-12-27-21)16-19-7-3-1-4-8-19/h1-10,21H,11-18H2,(H,23,25)/t21-/m0/s1. The van der Waals surface area contributed by atoms with Crippen molar-refractivity contribution in [2.24, 2.45) is 0 Å². The molecule has 1 amide bonds. The van der Waals surface area contributed by atoms with E-state index in [0.29, 0.717) is 26.4 Å². The number of benzene rings is 2. The van der Waals surface area contributed by atoms with Crippen LogP contribution in [0, 0.1) is 0 Å². The summed E-state index contributed by atoms with van der Waals surface area (Å²) in [7, 11) is 0. The molecule has 28 heavy (non-hydrogen) atoms. The van der Waals surface area contributed by atoms with E-state index in [9.17, 15) is 4.79 Å². The zero-order chi connectivity index (χ0) is 19.4. The van der Waals surface area contributed by atoms with Crippen LogP contribution in [0.2, 0.25) is 0 Å². The number of carbonyl (C=O) groups is 1. The first-order chi connectivity index (χ1) is 13.8. The molecular weight excluding hydrogens is 356 g/mol. The van der Waals surface area contributed by atoms with Crippen molar-refractivity contribution in [1.29, 1.82) is 0 Å². The van der Waals surface area contributed by atoms with Crippen LogP contribution in [0.1, 0.15) is 5.56 Å². The number of rotatable bonds is 10. The van der Waals surface area contributed by atoms with Gasteiger partial charge in [-0.1, -0.05) is 48.5 Å². The summed E-state index contributed by atoms with van der Waals surface area (Å²) in [6, 6.07) is 19.9. The Morgan fingerprint density at radius 3 is 2.61 bits per heavy atom. The smallest absolute Gasteiger partial charge is 0.246 e. The minimum absolute atomic E-state index is 0.00262. The van der Waals surface area contributed by atoms with Crippen LogP contribution >= 0.6 is 0 Å². The highest BCUT2D eigenvalue weighted by atomic mass is 16.5. The van der Waals surface area contributed by atoms with E-state index in [1.807, 2.05) is 36.4 Å². The topological polar surface area (TPSA) is 60.0 Å². The summed E-state index contributed by atoms with van der Waals surface area (Å²) in [5.41, 5.74) is 1.29. The van der Waals surface area contributed by atoms with E-state index in [0.717, 1.165) is 25.4 Å². The van der Waals surface area contributed by atoms with Gasteiger partial charge in [-0.05, 0) is 17.7 Å². The Balaban J connectivity index is 1.26. The number of morpholine rings is 1. The minimum atomic E-state index is -0.136. The lowest BCUT2D eigenvalue weighted by atomic mass is 10.2. The summed E-state index contributed by atoms with van der Waals surface area (Å²) in [4.78, 5) is 14.3. The van der Waals surface area contributed by atoms with Gasteiger partial charge in [0.25, 0.3) is 0 Å². The predicted molar refractivity (Wildman–Crippen MR) is 107 cm³/mol. The number of hydrogen-bond donors (Lipinski definition) is 1. The zero-order valence-electron chi connectivity index (χ0n) is 16.1. The van der Waals surface area contributed by atoms with Crippen LogP contribution in [0.3, 0.4) is 0 Å². The van der Waals surface area contributed by atoms with Gasteiger partial charge in [0.1, 0.15) is 19.0 Å². The monoisotopic (exact) mass is 384 g/mol. The van der Waals surface area contributed by atoms with Gasteiger partial charge in [-0.25, -0.2) is 0 Å². The van der Waals surface area contributed by atoms with Crippen LogP contribution < -0.4 is 10.1 Å². The zero-order valence-corrected chi connectivity index (χ0v) is 16.1. The van der Waals surface area contributed by atoms with Gasteiger partial charge < -0.3 is 19.5 Å². The Labute approximate surface area is 166 Å². The number of hydrogen-bond acceptors (Lipinski definition) is 5. The molecule has 1 N–H and O–H groups in total. The molecule has 0 aliphatic carbocycles. The van der Waals surface area contributed by atoms with Crippen molar-refractivity contribution in [3.05, 3.63) is 66.2 Å². The first kappa shape index (κ1) is 20.3. The van der Waals surface area contributed by atoms with E-state index in [1.54, 1.807) is 0 Å². The van der Waals surface area contributed by atoms with Gasteiger partial charge >= 0.3 is 0 Å². The Morgan fingerprint density at radius 2 is 1.82 bits per heavy atom. The average molecular weight is 384 g/mol. The van der Waals surface area contributed by atoms with Crippen LogP contribution in [0.15, 0.2) is 60.7 Å². The third-order valence-electron chi connectivity index (χ3n) is 4.47. The second-order valence-electron chi connectivity index (χ2n) is 6.73. The summed E-state index contributed by atoms with van der Waals surface area (Å²) in [6.45, 7) is 4.60. The number of nitrogens with zero attached hydrogens (tertiary/aromatic N) is 1. The number of amides is 1. The maximum atomic E-state index is 11.9. The molecule has 1 heterocycles. The summed E-state index contributed by atoms with van der Waals surface area (Å²) in [5, 5.41) is 2.89. The largest absolute Gasteiger partial charge is 0.491 e. The fourth-order valence-corrected chi connectivity index (χ4v) is 3.07. The molecule has 150 valence electrons. The summed E-state index contributed by atoms with van der Waals surface area (Å²) < 4.78 is 16.7. The molecule has 0 saturated carbocycles. The lowest BCUT2D eigenvalue weighted by Crippen LogP contribution is -2.47. The van der Waals surface area contributed by atoms with Crippen molar-refractivity contribution in [3.63, 3.8) is 0 Å². The fourth-order valence-electron chi connectivity index (χ4n) is 3.07. The van der Waals surface area contributed by atoms with Crippen molar-refractivity contribution >= 4 is 5.91 Å². The van der Waals surface area contributed by atoms with Crippen molar-refractivity contribution in [2.75, 3.05) is 46.1 Å². The fraction of sp³-hybridized carbons (Fsp3) is 0.409. The molecule has 2 aromatic carbocycles. The SMILES string of the molecule is O=C(COCCOc1ccccc1)NC[C@H]1CN(Cc2ccccc2)CCO1. The molecule has 0 radical (unpaired) electrons. The molecule has 6 nitrogen and oxygen atoms in total. The number of ether oxygens (including phenoxy) is 3. The maximum Gasteiger partial charge on any atom is 0.246 e. The molecule has 0 bridgehead atoms. The molecule has 1 atom stereocenters. The molecular formula is C22H28N2O4. The Hall–Kier alpha value is -2.41. The third-order valence-corrected chi connectivity index (χ3v) is 4.47. The van der Waals surface area contributed by atoms with Gasteiger partial charge in [-0.15, -0.1) is 0 Å². The van der Waals surface area contributed by atoms with E-state index < -0.39 is 0 Å². The predicted octanol–water partition coefficient (Wildman–Crippen LogP) is 2.10. The molecule has 0 aromatic heterocycles. The second kappa shape index (κ2) is 11.4. The van der Waals surface area contributed by atoms with Gasteiger partial charge in [0.15, 0.2) is 0 Å². The highest BCUT2D eigenvalue weighted by Crippen LogP contribution is 2.10. The maximum absolute atomic E-state index is 11.9. The Morgan fingerprint density at radius 1 is 1.07 bits per heavy atom. The van der Waals surface area contributed by atoms with Crippen LogP contribution in [-0.4, -0.2) is 63.0 Å². The molecule has 1 aliphatic heterocycles. The van der Waals surface area contributed by atoms with Crippen LogP contribution in [0.5, 0.6) is 5.75 Å². The summed E-state index contributed by atoms with van der Waals surface area (Å²) in [5.74, 6) is 0.661. The minimum Gasteiger partial charge on any atom is -0.491 e. The quantitative estimate of drug-likeness (QED) is 0.636. The lowest BCUT2D eigenvalue weighted by molar-refractivity contribution is -0.127. The van der Waals surface area contributed by atoms with Crippen LogP contribution in [0.4, 0.5) is 0 Å². The first-order valence-electron chi connectivity index (χ1n) is 9.70. The van der Waals surface area contributed by atoms with Crippen LogP contribution in [-0.2, 0) is 20.8 Å². The first-order valence-corrected chi connectivity index (χ1v) is 9.70. The molecule has 3 rings (SSSR count). The summed E-state index contributed by atoms with van der Waals surface area (Å²) >= 11 is 0. The molecule has 2 aromatic rings. The Kier molecular flexibility index (Phi) is 8.30. The van der Waals surface area contributed by atoms with E-state index in [-0.39, 0.29) is 18.6 Å². The number of carbonyl (C=O) groups excluding carboxylic acids is 1. The lowest BCUT2D eigenvalue weighted by Gasteiger charge is -2.33. The van der Waals surface area contributed by atoms with E-state index in [1.165, 1.54) is 5.56 Å². The van der Waals surface area contributed by atoms with Crippen molar-refractivity contribution in [1.82, 2.24) is 10.2 Å². The van der Waals surface area contributed by atoms with Crippen LogP contribution in [0.25, 0.3) is 0 Å². The second-order valence-corrected chi connectivity index (χ2v) is 6.73. The highest BCUT2D eigenvalue weighted by molar-refractivity contribution is 5.77. The highest BCUT2D eigenvalue weighted by Gasteiger charge is 2.21. The van der Waals surface area contributed by atoms with Gasteiger partial charge in [0.05, 0.1) is 19.3 Å². The summed E-state index contributed by atoms with van der Waals surface area (Å²) in [6.07, 6.45) is 0.00262. The van der Waals surface area contributed by atoms with E-state index in [4.69, 9.17) is 14.2 Å². The number of nitrogens with one attached hydrogen (secondary N) is 1. The Bertz CT molecular complexity index is 696. The molecule has 1 saturated heterocycles. The van der Waals surface area contributed by atoms with Gasteiger partial charge in [-0.3, -0.25) is 9.69 Å². The number of para-hydroxylation sites is 1. The van der Waals surface area contributed by atoms with Crippen molar-refractivity contribution in [2.45, 2.75) is 12.6 Å². The molecule has 0 unspecified atom stereocenters. The van der Waals surface area contributed by atoms with E-state index >= 15 is 0 Å². The molecule has 1 aliphatic rings. The van der Waals surface area contributed by atoms with Gasteiger partial charge in [0, 0.05) is 26.2 Å². The van der Waals surface area contributed by atoms with E-state index in [2.05, 4.69) is 34.5 Å². The van der Waals surface area contributed by atoms with Gasteiger partial charge in [0.2, 0.25) is 5.91 Å². The van der Waals surface area contributed by atoms with Gasteiger partial charge in [-0.2, -0.15) is 0 Å². The van der Waals surface area contributed by atoms with Crippen molar-refractivity contribution in [3.8, 4) is 5.75 Å². The van der Waals surface area contributed by atoms with Crippen molar-refractivity contribution < 1.29 is 19.0 Å². The third kappa shape index (κ3) is 7.31. The molecule has 6 heteroatoms. The molecule has 1 fully saturated rings. The molecule has 0 spiro atoms. The average Bonchev–Trinajstić information content (AvgIpc) is 2.74.